The smallest absolute Gasteiger partial charge is 0.235 e. The molecule has 4 heteroatoms. The van der Waals surface area contributed by atoms with E-state index in [4.69, 9.17) is 9.47 Å². The fraction of sp³-hybridized carbons (Fsp3) is 0.296. The molecule has 0 saturated heterocycles. The molecule has 0 aromatic heterocycles. The van der Waals surface area contributed by atoms with Gasteiger partial charge in [0, 0.05) is 7.11 Å². The van der Waals surface area contributed by atoms with E-state index in [0.29, 0.717) is 0 Å². The van der Waals surface area contributed by atoms with Crippen molar-refractivity contribution in [1.82, 2.24) is 0 Å². The zero-order chi connectivity index (χ0) is 22.2. The number of anilines is 1. The summed E-state index contributed by atoms with van der Waals surface area (Å²) >= 11 is 0. The molecule has 162 valence electrons. The first-order valence-corrected chi connectivity index (χ1v) is 10.6. The van der Waals surface area contributed by atoms with Crippen LogP contribution in [0.5, 0.6) is 11.5 Å². The molecule has 31 heavy (non-hydrogen) atoms. The number of nitrogens with one attached hydrogen (secondary N) is 1. The maximum Gasteiger partial charge on any atom is 0.235 e. The Hall–Kier alpha value is -3.27. The number of aryl methyl sites for hydroxylation is 3. The molecule has 1 amide bonds. The van der Waals surface area contributed by atoms with E-state index in [0.717, 1.165) is 63.4 Å². The summed E-state index contributed by atoms with van der Waals surface area (Å²) in [7, 11) is 3.35. The molecule has 3 aromatic carbocycles. The summed E-state index contributed by atoms with van der Waals surface area (Å²) in [5, 5.41) is 3.17. The van der Waals surface area contributed by atoms with Crippen LogP contribution in [0.1, 0.15) is 36.5 Å². The second-order valence-electron chi connectivity index (χ2n) is 8.44. The van der Waals surface area contributed by atoms with E-state index in [1.54, 1.807) is 14.2 Å². The number of ether oxygens (including phenoxy) is 2. The number of rotatable bonds is 6. The van der Waals surface area contributed by atoms with Crippen molar-refractivity contribution in [2.45, 2.75) is 39.0 Å². The summed E-state index contributed by atoms with van der Waals surface area (Å²) in [6, 6.07) is 18.2. The molecule has 0 aliphatic heterocycles. The average Bonchev–Trinajstić information content (AvgIpc) is 3.57. The minimum Gasteiger partial charge on any atom is -0.497 e. The van der Waals surface area contributed by atoms with Crippen LogP contribution in [-0.4, -0.2) is 20.1 Å². The number of benzene rings is 3. The Kier molecular flexibility index (Phi) is 5.48. The molecular weight excluding hydrogens is 386 g/mol. The second-order valence-corrected chi connectivity index (χ2v) is 8.44. The van der Waals surface area contributed by atoms with Crippen LogP contribution in [0.15, 0.2) is 54.6 Å². The van der Waals surface area contributed by atoms with E-state index in [1.807, 2.05) is 30.3 Å². The number of carbonyl (C=O) groups is 1. The van der Waals surface area contributed by atoms with Crippen molar-refractivity contribution in [3.05, 3.63) is 76.9 Å². The Morgan fingerprint density at radius 2 is 1.61 bits per heavy atom. The molecule has 0 spiro atoms. The normalized spacial score (nSPS) is 14.1. The lowest BCUT2D eigenvalue weighted by Gasteiger charge is -2.18. The number of hydrogen-bond donors (Lipinski definition) is 1. The van der Waals surface area contributed by atoms with Gasteiger partial charge in [0.1, 0.15) is 11.5 Å². The van der Waals surface area contributed by atoms with Crippen LogP contribution >= 0.6 is 0 Å². The van der Waals surface area contributed by atoms with Crippen LogP contribution in [0.4, 0.5) is 5.69 Å². The van der Waals surface area contributed by atoms with E-state index >= 15 is 0 Å². The third-order valence-electron chi connectivity index (χ3n) is 6.28. The monoisotopic (exact) mass is 417 g/mol. The van der Waals surface area contributed by atoms with E-state index in [2.05, 4.69) is 50.4 Å². The molecule has 0 unspecified atom stereocenters. The average molecular weight is 418 g/mol. The van der Waals surface area contributed by atoms with Crippen molar-refractivity contribution in [2.24, 2.45) is 0 Å². The molecule has 1 fully saturated rings. The van der Waals surface area contributed by atoms with Gasteiger partial charge in [0.05, 0.1) is 19.6 Å². The Morgan fingerprint density at radius 3 is 2.23 bits per heavy atom. The highest BCUT2D eigenvalue weighted by atomic mass is 16.5. The van der Waals surface area contributed by atoms with Gasteiger partial charge in [0.2, 0.25) is 5.91 Å². The van der Waals surface area contributed by atoms with Gasteiger partial charge < -0.3 is 14.8 Å². The first-order valence-electron chi connectivity index (χ1n) is 10.6. The topological polar surface area (TPSA) is 47.6 Å². The predicted octanol–water partition coefficient (Wildman–Crippen LogP) is 6.21. The fourth-order valence-corrected chi connectivity index (χ4v) is 4.38. The zero-order valence-electron chi connectivity index (χ0n) is 18.8. The van der Waals surface area contributed by atoms with Crippen molar-refractivity contribution in [1.29, 1.82) is 0 Å². The maximum atomic E-state index is 13.3. The number of hydrogen-bond acceptors (Lipinski definition) is 3. The molecule has 0 radical (unpaired) electrons. The molecule has 1 N–H and O–H groups in total. The Bertz CT molecular complexity index is 1130. The molecule has 4 nitrogen and oxygen atoms in total. The van der Waals surface area contributed by atoms with Crippen molar-refractivity contribution in [2.75, 3.05) is 19.5 Å². The van der Waals surface area contributed by atoms with Crippen LogP contribution < -0.4 is 14.8 Å². The van der Waals surface area contributed by atoms with Crippen molar-refractivity contribution < 1.29 is 15.7 Å². The van der Waals surface area contributed by atoms with Crippen molar-refractivity contribution in [3.8, 4) is 22.6 Å². The van der Waals surface area contributed by atoms with Crippen LogP contribution in [0.3, 0.4) is 0 Å². The van der Waals surface area contributed by atoms with Crippen LogP contribution in [0.2, 0.25) is 0 Å². The van der Waals surface area contributed by atoms with Crippen molar-refractivity contribution in [3.63, 3.8) is 0 Å². The molecular formula is C27H31NO3. The molecule has 4 rings (SSSR count). The fourth-order valence-electron chi connectivity index (χ4n) is 4.38. The third kappa shape index (κ3) is 3.90. The number of carbonyl (C=O) groups excluding carboxylic acids is 1. The highest BCUT2D eigenvalue weighted by Gasteiger charge is 2.51. The Labute approximate surface area is 185 Å². The lowest BCUT2D eigenvalue weighted by molar-refractivity contribution is -0.118. The van der Waals surface area contributed by atoms with Gasteiger partial charge in [-0.3, -0.25) is 4.79 Å². The van der Waals surface area contributed by atoms with Crippen LogP contribution in [-0.2, 0) is 10.2 Å². The van der Waals surface area contributed by atoms with E-state index in [-0.39, 0.29) is 7.33 Å². The third-order valence-corrected chi connectivity index (χ3v) is 6.28. The highest BCUT2D eigenvalue weighted by Crippen LogP contribution is 2.49. The maximum absolute atomic E-state index is 13.3. The first-order chi connectivity index (χ1) is 14.9. The minimum atomic E-state index is -0.465. The van der Waals surface area contributed by atoms with Crippen LogP contribution in [0, 0.1) is 20.8 Å². The first kappa shape index (κ1) is 21.0. The largest absolute Gasteiger partial charge is 0.497 e. The summed E-state index contributed by atoms with van der Waals surface area (Å²) < 4.78 is 10.9. The van der Waals surface area contributed by atoms with Crippen molar-refractivity contribution >= 4 is 11.6 Å². The Balaban J connectivity index is 0.00000289. The molecule has 3 aromatic rings. The summed E-state index contributed by atoms with van der Waals surface area (Å²) in [4.78, 5) is 13.3. The molecule has 1 saturated carbocycles. The lowest BCUT2D eigenvalue weighted by atomic mass is 9.94. The van der Waals surface area contributed by atoms with Crippen LogP contribution in [0.25, 0.3) is 11.1 Å². The molecule has 0 bridgehead atoms. The molecule has 0 atom stereocenters. The van der Waals surface area contributed by atoms with E-state index in [1.165, 1.54) is 0 Å². The standard InChI is InChI=1S/C27H29NO3.H2/c1-17-9-10-22(16-24(17)20-13-18(2)25(31-5)19(3)14-20)28-26(29)27(11-12-27)21-7-6-8-23(15-21)30-4;/h6-10,13-16H,11-12H2,1-5H3,(H,28,29);1H. The molecule has 1 aliphatic rings. The predicted molar refractivity (Wildman–Crippen MR) is 127 cm³/mol. The second kappa shape index (κ2) is 8.10. The minimum absolute atomic E-state index is 0. The van der Waals surface area contributed by atoms with Gasteiger partial charge in [-0.05, 0) is 103 Å². The summed E-state index contributed by atoms with van der Waals surface area (Å²) in [5.41, 5.74) is 6.95. The van der Waals surface area contributed by atoms with Gasteiger partial charge in [0.15, 0.2) is 0 Å². The molecule has 1 aliphatic carbocycles. The zero-order valence-corrected chi connectivity index (χ0v) is 18.8. The molecule has 0 heterocycles. The van der Waals surface area contributed by atoms with Gasteiger partial charge in [-0.25, -0.2) is 0 Å². The Morgan fingerprint density at radius 1 is 0.903 bits per heavy atom. The number of methoxy groups -OCH3 is 2. The summed E-state index contributed by atoms with van der Waals surface area (Å²) in [6.07, 6.45) is 1.70. The lowest BCUT2D eigenvalue weighted by Crippen LogP contribution is -2.27. The van der Waals surface area contributed by atoms with Gasteiger partial charge in [0.25, 0.3) is 0 Å². The SMILES string of the molecule is COc1cccc(C2(C(=O)Nc3ccc(C)c(-c4cc(C)c(OC)c(C)c4)c3)CC2)c1.[HH]. The van der Waals surface area contributed by atoms with Gasteiger partial charge in [-0.2, -0.15) is 0 Å². The van der Waals surface area contributed by atoms with Gasteiger partial charge in [-0.1, -0.05) is 18.2 Å². The van der Waals surface area contributed by atoms with E-state index < -0.39 is 5.41 Å². The quantitative estimate of drug-likeness (QED) is 0.518. The van der Waals surface area contributed by atoms with Gasteiger partial charge in [-0.15, -0.1) is 0 Å². The highest BCUT2D eigenvalue weighted by molar-refractivity contribution is 6.02. The van der Waals surface area contributed by atoms with Gasteiger partial charge >= 0.3 is 0 Å². The summed E-state index contributed by atoms with van der Waals surface area (Å²) in [6.45, 7) is 6.21. The number of amides is 1. The van der Waals surface area contributed by atoms with E-state index in [9.17, 15) is 4.79 Å². The summed E-state index contributed by atoms with van der Waals surface area (Å²) in [5.74, 6) is 1.73.